The van der Waals surface area contributed by atoms with Crippen molar-refractivity contribution in [2.45, 2.75) is 25.8 Å². The lowest BCUT2D eigenvalue weighted by Crippen LogP contribution is -2.46. The van der Waals surface area contributed by atoms with Gasteiger partial charge in [0.25, 0.3) is 0 Å². The van der Waals surface area contributed by atoms with Gasteiger partial charge in [0.15, 0.2) is 5.96 Å². The summed E-state index contributed by atoms with van der Waals surface area (Å²) in [6.45, 7) is 6.99. The molecule has 0 saturated carbocycles. The van der Waals surface area contributed by atoms with E-state index in [4.69, 9.17) is 4.74 Å². The average molecular weight is 350 g/mol. The van der Waals surface area contributed by atoms with Crippen LogP contribution >= 0.6 is 0 Å². The Hall–Kier alpha value is -1.66. The average Bonchev–Trinajstić information content (AvgIpc) is 2.64. The first-order valence-electron chi connectivity index (χ1n) is 9.14. The smallest absolute Gasteiger partial charge is 0.193 e. The minimum atomic E-state index is -0.194. The highest BCUT2D eigenvalue weighted by Gasteiger charge is 2.23. The molecule has 1 unspecified atom stereocenters. The fraction of sp³-hybridized carbons (Fsp3) is 0.632. The maximum atomic E-state index is 13.7. The van der Waals surface area contributed by atoms with Crippen LogP contribution in [0.5, 0.6) is 0 Å². The quantitative estimate of drug-likeness (QED) is 0.606. The highest BCUT2D eigenvalue weighted by Crippen LogP contribution is 2.22. The first kappa shape index (κ1) is 19.7. The highest BCUT2D eigenvalue weighted by atomic mass is 19.1. The number of nitrogens with one attached hydrogen (secondary N) is 1. The molecule has 1 aromatic carbocycles. The van der Waals surface area contributed by atoms with Gasteiger partial charge in [0.05, 0.1) is 19.3 Å². The third-order valence-electron chi connectivity index (χ3n) is 4.59. The summed E-state index contributed by atoms with van der Waals surface area (Å²) in [5.41, 5.74) is 0.987. The molecule has 0 aliphatic carbocycles. The van der Waals surface area contributed by atoms with Crippen molar-refractivity contribution >= 4 is 5.96 Å². The molecule has 5 nitrogen and oxygen atoms in total. The summed E-state index contributed by atoms with van der Waals surface area (Å²) in [6, 6.07) is 6.99. The Morgan fingerprint density at radius 2 is 2.16 bits per heavy atom. The van der Waals surface area contributed by atoms with E-state index >= 15 is 0 Å². The summed E-state index contributed by atoms with van der Waals surface area (Å²) in [4.78, 5) is 8.88. The number of unbranched alkanes of at least 4 members (excludes halogenated alkanes) is 1. The summed E-state index contributed by atoms with van der Waals surface area (Å²) < 4.78 is 19.2. The molecule has 1 fully saturated rings. The number of benzene rings is 1. The molecule has 0 radical (unpaired) electrons. The number of ether oxygens (including phenoxy) is 1. The third-order valence-corrected chi connectivity index (χ3v) is 4.59. The lowest BCUT2D eigenvalue weighted by Gasteiger charge is -2.35. The maximum absolute atomic E-state index is 13.7. The van der Waals surface area contributed by atoms with Crippen LogP contribution in [0.15, 0.2) is 29.3 Å². The molecule has 140 valence electrons. The predicted molar refractivity (Wildman–Crippen MR) is 100 cm³/mol. The van der Waals surface area contributed by atoms with Crippen molar-refractivity contribution in [2.75, 3.05) is 53.5 Å². The fourth-order valence-corrected chi connectivity index (χ4v) is 3.13. The van der Waals surface area contributed by atoms with Crippen LogP contribution in [0.3, 0.4) is 0 Å². The Morgan fingerprint density at radius 1 is 1.40 bits per heavy atom. The van der Waals surface area contributed by atoms with Gasteiger partial charge in [-0.15, -0.1) is 0 Å². The minimum absolute atomic E-state index is 0.0934. The number of hydrogen-bond donors (Lipinski definition) is 1. The molecular formula is C19H31FN4O. The standard InChI is InChI=1S/C19H31FN4O/c1-4-5-9-23(3)19(21-2)22-15-18(24-10-12-25-13-11-24)16-7-6-8-17(20)14-16/h6-8,14,18H,4-5,9-13,15H2,1-3H3,(H,21,22). The van der Waals surface area contributed by atoms with E-state index in [0.717, 1.165) is 57.2 Å². The Bertz CT molecular complexity index is 546. The van der Waals surface area contributed by atoms with E-state index in [2.05, 4.69) is 34.1 Å². The van der Waals surface area contributed by atoms with Crippen LogP contribution in [0.25, 0.3) is 0 Å². The SMILES string of the molecule is CCCCN(C)C(=NC)NCC(c1cccc(F)c1)N1CCOCC1. The van der Waals surface area contributed by atoms with Crippen LogP contribution < -0.4 is 5.32 Å². The molecule has 1 atom stereocenters. The number of hydrogen-bond acceptors (Lipinski definition) is 3. The second-order valence-corrected chi connectivity index (χ2v) is 6.42. The molecule has 1 N–H and O–H groups in total. The summed E-state index contributed by atoms with van der Waals surface area (Å²) in [5, 5.41) is 3.46. The van der Waals surface area contributed by atoms with Gasteiger partial charge in [-0.1, -0.05) is 25.5 Å². The van der Waals surface area contributed by atoms with E-state index in [1.54, 1.807) is 19.2 Å². The summed E-state index contributed by atoms with van der Waals surface area (Å²) >= 11 is 0. The van der Waals surface area contributed by atoms with Crippen LogP contribution in [-0.2, 0) is 4.74 Å². The third kappa shape index (κ3) is 5.97. The topological polar surface area (TPSA) is 40.1 Å². The molecule has 2 rings (SSSR count). The molecule has 0 bridgehead atoms. The molecule has 25 heavy (non-hydrogen) atoms. The normalized spacial score (nSPS) is 17.4. The largest absolute Gasteiger partial charge is 0.379 e. The van der Waals surface area contributed by atoms with Crippen LogP contribution in [0, 0.1) is 5.82 Å². The monoisotopic (exact) mass is 350 g/mol. The molecule has 1 aliphatic heterocycles. The van der Waals surface area contributed by atoms with Gasteiger partial charge in [-0.25, -0.2) is 4.39 Å². The second-order valence-electron chi connectivity index (χ2n) is 6.42. The Morgan fingerprint density at radius 3 is 2.80 bits per heavy atom. The van der Waals surface area contributed by atoms with Crippen molar-refractivity contribution in [3.8, 4) is 0 Å². The van der Waals surface area contributed by atoms with E-state index < -0.39 is 0 Å². The van der Waals surface area contributed by atoms with Crippen LogP contribution in [0.2, 0.25) is 0 Å². The number of morpholine rings is 1. The van der Waals surface area contributed by atoms with E-state index in [9.17, 15) is 4.39 Å². The minimum Gasteiger partial charge on any atom is -0.379 e. The lowest BCUT2D eigenvalue weighted by atomic mass is 10.0. The molecule has 6 heteroatoms. The summed E-state index contributed by atoms with van der Waals surface area (Å²) in [5.74, 6) is 0.684. The number of halogens is 1. The van der Waals surface area contributed by atoms with E-state index in [1.807, 2.05) is 6.07 Å². The van der Waals surface area contributed by atoms with Crippen molar-refractivity contribution in [2.24, 2.45) is 4.99 Å². The maximum Gasteiger partial charge on any atom is 0.193 e. The van der Waals surface area contributed by atoms with Gasteiger partial charge in [0, 0.05) is 40.3 Å². The zero-order chi connectivity index (χ0) is 18.1. The first-order valence-corrected chi connectivity index (χ1v) is 9.14. The molecule has 1 saturated heterocycles. The predicted octanol–water partition coefficient (Wildman–Crippen LogP) is 2.51. The number of aliphatic imine (C=N–C) groups is 1. The van der Waals surface area contributed by atoms with Crippen LogP contribution in [0.1, 0.15) is 31.4 Å². The van der Waals surface area contributed by atoms with Crippen LogP contribution in [0.4, 0.5) is 4.39 Å². The molecule has 1 heterocycles. The van der Waals surface area contributed by atoms with E-state index in [1.165, 1.54) is 6.07 Å². The number of guanidine groups is 1. The fourth-order valence-electron chi connectivity index (χ4n) is 3.13. The van der Waals surface area contributed by atoms with Crippen molar-refractivity contribution in [3.05, 3.63) is 35.6 Å². The van der Waals surface area contributed by atoms with E-state index in [0.29, 0.717) is 6.54 Å². The van der Waals surface area contributed by atoms with Crippen molar-refractivity contribution in [3.63, 3.8) is 0 Å². The van der Waals surface area contributed by atoms with Gasteiger partial charge in [-0.05, 0) is 24.1 Å². The summed E-state index contributed by atoms with van der Waals surface area (Å²) in [6.07, 6.45) is 2.29. The first-order chi connectivity index (χ1) is 12.2. The lowest BCUT2D eigenvalue weighted by molar-refractivity contribution is 0.0168. The zero-order valence-corrected chi connectivity index (χ0v) is 15.7. The Kier molecular flexibility index (Phi) is 8.15. The van der Waals surface area contributed by atoms with Crippen molar-refractivity contribution in [1.82, 2.24) is 15.1 Å². The summed E-state index contributed by atoms with van der Waals surface area (Å²) in [7, 11) is 3.85. The van der Waals surface area contributed by atoms with Gasteiger partial charge in [-0.2, -0.15) is 0 Å². The molecule has 0 amide bonds. The van der Waals surface area contributed by atoms with Gasteiger partial charge < -0.3 is 15.0 Å². The van der Waals surface area contributed by atoms with E-state index in [-0.39, 0.29) is 11.9 Å². The van der Waals surface area contributed by atoms with Gasteiger partial charge in [0.2, 0.25) is 0 Å². The molecule has 1 aliphatic rings. The second kappa shape index (κ2) is 10.4. The van der Waals surface area contributed by atoms with Gasteiger partial charge >= 0.3 is 0 Å². The number of nitrogens with zero attached hydrogens (tertiary/aromatic N) is 3. The van der Waals surface area contributed by atoms with Gasteiger partial charge in [0.1, 0.15) is 5.82 Å². The number of rotatable bonds is 7. The van der Waals surface area contributed by atoms with Crippen molar-refractivity contribution < 1.29 is 9.13 Å². The zero-order valence-electron chi connectivity index (χ0n) is 15.7. The molecular weight excluding hydrogens is 319 g/mol. The Labute approximate surface area is 150 Å². The highest BCUT2D eigenvalue weighted by molar-refractivity contribution is 5.79. The molecule has 1 aromatic rings. The molecule has 0 aromatic heterocycles. The van der Waals surface area contributed by atoms with Gasteiger partial charge in [-0.3, -0.25) is 9.89 Å². The molecule has 0 spiro atoms. The van der Waals surface area contributed by atoms with Crippen molar-refractivity contribution in [1.29, 1.82) is 0 Å². The van der Waals surface area contributed by atoms with Crippen LogP contribution in [-0.4, -0.2) is 69.2 Å². The Balaban J connectivity index is 2.07.